The third-order valence-electron chi connectivity index (χ3n) is 4.22. The lowest BCUT2D eigenvalue weighted by atomic mass is 9.97. The molecule has 0 bridgehead atoms. The van der Waals surface area contributed by atoms with Gasteiger partial charge in [0.15, 0.2) is 0 Å². The normalized spacial score (nSPS) is 21.7. The van der Waals surface area contributed by atoms with E-state index in [1.807, 2.05) is 0 Å². The molecule has 0 aromatic carbocycles. The smallest absolute Gasteiger partial charge is 0.229 e. The lowest BCUT2D eigenvalue weighted by Gasteiger charge is -2.30. The van der Waals surface area contributed by atoms with Gasteiger partial charge in [-0.2, -0.15) is 0 Å². The Kier molecular flexibility index (Phi) is 5.34. The summed E-state index contributed by atoms with van der Waals surface area (Å²) in [6, 6.07) is 0. The van der Waals surface area contributed by atoms with Crippen molar-refractivity contribution in [1.82, 2.24) is 15.1 Å². The monoisotopic (exact) mass is 267 g/mol. The largest absolute Gasteiger partial charge is 0.317 e. The van der Waals surface area contributed by atoms with Crippen LogP contribution in [0.4, 0.5) is 0 Å². The Morgan fingerprint density at radius 1 is 1.21 bits per heavy atom. The zero-order valence-corrected chi connectivity index (χ0v) is 11.9. The number of hydrogen-bond donors (Lipinski definition) is 1. The summed E-state index contributed by atoms with van der Waals surface area (Å²) in [5.41, 5.74) is 0. The second kappa shape index (κ2) is 7.01. The fourth-order valence-corrected chi connectivity index (χ4v) is 2.92. The van der Waals surface area contributed by atoms with Gasteiger partial charge in [0.05, 0.1) is 0 Å². The van der Waals surface area contributed by atoms with Gasteiger partial charge in [0.2, 0.25) is 11.8 Å². The van der Waals surface area contributed by atoms with Crippen LogP contribution in [0.2, 0.25) is 0 Å². The average molecular weight is 267 g/mol. The van der Waals surface area contributed by atoms with Crippen molar-refractivity contribution in [2.24, 2.45) is 5.92 Å². The van der Waals surface area contributed by atoms with Gasteiger partial charge in [-0.1, -0.05) is 6.92 Å². The van der Waals surface area contributed by atoms with Crippen LogP contribution in [-0.2, 0) is 9.59 Å². The predicted octanol–water partition coefficient (Wildman–Crippen LogP) is 0.457. The summed E-state index contributed by atoms with van der Waals surface area (Å²) in [4.78, 5) is 26.9. The van der Waals surface area contributed by atoms with Gasteiger partial charge >= 0.3 is 0 Å². The van der Waals surface area contributed by atoms with Gasteiger partial charge < -0.3 is 10.2 Å². The van der Waals surface area contributed by atoms with Crippen LogP contribution < -0.4 is 5.32 Å². The summed E-state index contributed by atoms with van der Waals surface area (Å²) >= 11 is 0. The molecule has 2 fully saturated rings. The van der Waals surface area contributed by atoms with E-state index < -0.39 is 0 Å². The number of piperidine rings is 1. The number of nitrogens with one attached hydrogen (secondary N) is 1. The van der Waals surface area contributed by atoms with E-state index in [2.05, 4.69) is 17.1 Å². The third-order valence-corrected chi connectivity index (χ3v) is 4.22. The Balaban J connectivity index is 1.75. The highest BCUT2D eigenvalue weighted by Crippen LogP contribution is 2.14. The second-order valence-corrected chi connectivity index (χ2v) is 5.53. The van der Waals surface area contributed by atoms with E-state index >= 15 is 0 Å². The predicted molar refractivity (Wildman–Crippen MR) is 73.7 cm³/mol. The summed E-state index contributed by atoms with van der Waals surface area (Å²) < 4.78 is 0. The molecule has 19 heavy (non-hydrogen) atoms. The minimum absolute atomic E-state index is 0.00270. The Bertz CT molecular complexity index is 311. The molecule has 0 saturated carbocycles. The SMILES string of the molecule is CCN(CCN1C(=O)CCC1=O)CC1CCNCC1. The zero-order valence-electron chi connectivity index (χ0n) is 11.9. The number of nitrogens with zero attached hydrogens (tertiary/aromatic N) is 2. The molecule has 0 radical (unpaired) electrons. The van der Waals surface area contributed by atoms with Gasteiger partial charge in [0, 0.05) is 32.5 Å². The maximum atomic E-state index is 11.6. The zero-order chi connectivity index (χ0) is 13.7. The van der Waals surface area contributed by atoms with Crippen molar-refractivity contribution < 1.29 is 9.59 Å². The van der Waals surface area contributed by atoms with E-state index in [4.69, 9.17) is 0 Å². The average Bonchev–Trinajstić information content (AvgIpc) is 2.75. The summed E-state index contributed by atoms with van der Waals surface area (Å²) in [5, 5.41) is 3.38. The quantitative estimate of drug-likeness (QED) is 0.710. The minimum atomic E-state index is 0.00270. The van der Waals surface area contributed by atoms with Crippen molar-refractivity contribution in [3.63, 3.8) is 0 Å². The number of amides is 2. The first-order valence-corrected chi connectivity index (χ1v) is 7.47. The Hall–Kier alpha value is -0.940. The number of rotatable bonds is 6. The summed E-state index contributed by atoms with van der Waals surface area (Å²) in [7, 11) is 0. The van der Waals surface area contributed by atoms with Crippen LogP contribution in [0.5, 0.6) is 0 Å². The first kappa shape index (κ1) is 14.5. The van der Waals surface area contributed by atoms with Gasteiger partial charge in [0.1, 0.15) is 0 Å². The summed E-state index contributed by atoms with van der Waals surface area (Å²) in [6.45, 7) is 7.84. The van der Waals surface area contributed by atoms with E-state index in [9.17, 15) is 9.59 Å². The molecule has 2 rings (SSSR count). The molecule has 2 aliphatic heterocycles. The molecule has 2 amide bonds. The van der Waals surface area contributed by atoms with Crippen LogP contribution in [0.3, 0.4) is 0 Å². The van der Waals surface area contributed by atoms with E-state index in [0.29, 0.717) is 19.4 Å². The van der Waals surface area contributed by atoms with Gasteiger partial charge in [-0.3, -0.25) is 14.5 Å². The van der Waals surface area contributed by atoms with E-state index in [1.54, 1.807) is 0 Å². The van der Waals surface area contributed by atoms with Gasteiger partial charge in [-0.25, -0.2) is 0 Å². The maximum absolute atomic E-state index is 11.6. The van der Waals surface area contributed by atoms with Crippen molar-refractivity contribution in [2.45, 2.75) is 32.6 Å². The lowest BCUT2D eigenvalue weighted by molar-refractivity contribution is -0.138. The van der Waals surface area contributed by atoms with Gasteiger partial charge in [0.25, 0.3) is 0 Å². The van der Waals surface area contributed by atoms with Crippen molar-refractivity contribution in [1.29, 1.82) is 0 Å². The summed E-state index contributed by atoms with van der Waals surface area (Å²) in [6.07, 6.45) is 3.27. The lowest BCUT2D eigenvalue weighted by Crippen LogP contribution is -2.41. The number of likely N-dealkylation sites (tertiary alicyclic amines) is 1. The maximum Gasteiger partial charge on any atom is 0.229 e. The second-order valence-electron chi connectivity index (χ2n) is 5.53. The number of likely N-dealkylation sites (N-methyl/N-ethyl adjacent to an activating group) is 1. The summed E-state index contributed by atoms with van der Waals surface area (Å²) in [5.74, 6) is 0.761. The van der Waals surface area contributed by atoms with Crippen LogP contribution >= 0.6 is 0 Å². The van der Waals surface area contributed by atoms with Crippen molar-refractivity contribution in [2.75, 3.05) is 39.3 Å². The molecule has 0 spiro atoms. The van der Waals surface area contributed by atoms with Crippen LogP contribution in [0.1, 0.15) is 32.6 Å². The van der Waals surface area contributed by atoms with Crippen LogP contribution in [-0.4, -0.2) is 60.9 Å². The molecular formula is C14H25N3O2. The van der Waals surface area contributed by atoms with Crippen LogP contribution in [0.15, 0.2) is 0 Å². The number of carbonyl (C=O) groups excluding carboxylic acids is 2. The minimum Gasteiger partial charge on any atom is -0.317 e. The first-order valence-electron chi connectivity index (χ1n) is 7.47. The number of imide groups is 1. The molecular weight excluding hydrogens is 242 g/mol. The van der Waals surface area contributed by atoms with E-state index in [-0.39, 0.29) is 11.8 Å². The molecule has 0 unspecified atom stereocenters. The van der Waals surface area contributed by atoms with Crippen molar-refractivity contribution >= 4 is 11.8 Å². The van der Waals surface area contributed by atoms with E-state index in [1.165, 1.54) is 17.7 Å². The molecule has 0 aromatic heterocycles. The molecule has 1 N–H and O–H groups in total. The van der Waals surface area contributed by atoms with E-state index in [0.717, 1.165) is 38.6 Å². The molecule has 2 saturated heterocycles. The Morgan fingerprint density at radius 3 is 2.42 bits per heavy atom. The van der Waals surface area contributed by atoms with Gasteiger partial charge in [-0.15, -0.1) is 0 Å². The number of carbonyl (C=O) groups is 2. The standard InChI is InChI=1S/C14H25N3O2/c1-2-16(11-12-5-7-15-8-6-12)9-10-17-13(18)3-4-14(17)19/h12,15H,2-11H2,1H3. The van der Waals surface area contributed by atoms with Crippen molar-refractivity contribution in [3.05, 3.63) is 0 Å². The highest BCUT2D eigenvalue weighted by molar-refractivity contribution is 6.01. The van der Waals surface area contributed by atoms with Crippen molar-refractivity contribution in [3.8, 4) is 0 Å². The molecule has 0 aliphatic carbocycles. The fraction of sp³-hybridized carbons (Fsp3) is 0.857. The number of hydrogen-bond acceptors (Lipinski definition) is 4. The highest BCUT2D eigenvalue weighted by Gasteiger charge is 2.28. The van der Waals surface area contributed by atoms with Crippen LogP contribution in [0.25, 0.3) is 0 Å². The molecule has 0 atom stereocenters. The fourth-order valence-electron chi connectivity index (χ4n) is 2.92. The Morgan fingerprint density at radius 2 is 1.84 bits per heavy atom. The molecule has 2 heterocycles. The van der Waals surface area contributed by atoms with Crippen LogP contribution in [0, 0.1) is 5.92 Å². The highest BCUT2D eigenvalue weighted by atomic mass is 16.2. The topological polar surface area (TPSA) is 52.7 Å². The first-order chi connectivity index (χ1) is 9.20. The molecule has 108 valence electrons. The molecule has 5 nitrogen and oxygen atoms in total. The molecule has 0 aromatic rings. The van der Waals surface area contributed by atoms with Gasteiger partial charge in [-0.05, 0) is 38.4 Å². The molecule has 5 heteroatoms. The Labute approximate surface area is 115 Å². The third kappa shape index (κ3) is 4.01. The molecule has 2 aliphatic rings.